The Balaban J connectivity index is 1.91. The minimum absolute atomic E-state index is 0.330. The van der Waals surface area contributed by atoms with Crippen LogP contribution in [0, 0.1) is 6.92 Å². The molecule has 2 heterocycles. The first kappa shape index (κ1) is 13.1. The Bertz CT molecular complexity index is 747. The zero-order valence-electron chi connectivity index (χ0n) is 10.7. The zero-order chi connectivity index (χ0) is 13.9. The van der Waals surface area contributed by atoms with Gasteiger partial charge in [0, 0.05) is 10.4 Å². The van der Waals surface area contributed by atoms with E-state index in [1.807, 2.05) is 54.8 Å². The predicted molar refractivity (Wildman–Crippen MR) is 82.5 cm³/mol. The Morgan fingerprint density at radius 2 is 2.15 bits per heavy atom. The fraction of sp³-hybridized carbons (Fsp3) is 0.0667. The van der Waals surface area contributed by atoms with E-state index in [2.05, 4.69) is 10.2 Å². The van der Waals surface area contributed by atoms with E-state index in [0.29, 0.717) is 16.8 Å². The number of hydrogen-bond donors (Lipinski definition) is 0. The molecule has 0 atom stereocenters. The monoisotopic (exact) mass is 302 g/mol. The molecule has 5 heteroatoms. The number of hydrogen-bond acceptors (Lipinski definition) is 4. The molecule has 100 valence electrons. The Morgan fingerprint density at radius 1 is 1.25 bits per heavy atom. The van der Waals surface area contributed by atoms with Crippen LogP contribution in [0.4, 0.5) is 0 Å². The van der Waals surface area contributed by atoms with Crippen molar-refractivity contribution in [3.63, 3.8) is 0 Å². The fourth-order valence-electron chi connectivity index (χ4n) is 1.77. The molecule has 0 saturated carbocycles. The van der Waals surface area contributed by atoms with Crippen molar-refractivity contribution >= 4 is 34.0 Å². The number of nitrogens with zero attached hydrogens (tertiary/aromatic N) is 2. The van der Waals surface area contributed by atoms with E-state index in [4.69, 9.17) is 16.0 Å². The van der Waals surface area contributed by atoms with Crippen LogP contribution in [0.2, 0.25) is 0 Å². The first-order valence-corrected chi connectivity index (χ1v) is 7.30. The number of benzene rings is 1. The van der Waals surface area contributed by atoms with Crippen molar-refractivity contribution < 1.29 is 4.42 Å². The highest BCUT2D eigenvalue weighted by atomic mass is 35.5. The molecule has 0 aliphatic carbocycles. The second-order valence-corrected chi connectivity index (χ2v) is 5.68. The molecule has 0 unspecified atom stereocenters. The maximum Gasteiger partial charge on any atom is 0.259 e. The number of rotatable bonds is 3. The van der Waals surface area contributed by atoms with E-state index < -0.39 is 0 Å². The summed E-state index contributed by atoms with van der Waals surface area (Å²) in [6.45, 7) is 2.02. The van der Waals surface area contributed by atoms with Gasteiger partial charge in [0.25, 0.3) is 5.89 Å². The lowest BCUT2D eigenvalue weighted by Crippen LogP contribution is -1.78. The van der Waals surface area contributed by atoms with Gasteiger partial charge in [0.05, 0.1) is 0 Å². The topological polar surface area (TPSA) is 38.9 Å². The maximum absolute atomic E-state index is 6.20. The normalized spacial score (nSPS) is 11.8. The van der Waals surface area contributed by atoms with Gasteiger partial charge in [-0.05, 0) is 36.6 Å². The molecule has 0 N–H and O–H groups in total. The molecule has 20 heavy (non-hydrogen) atoms. The van der Waals surface area contributed by atoms with Crippen LogP contribution in [0.25, 0.3) is 22.6 Å². The van der Waals surface area contributed by atoms with Crippen LogP contribution in [-0.4, -0.2) is 10.2 Å². The lowest BCUT2D eigenvalue weighted by molar-refractivity contribution is 0.556. The minimum atomic E-state index is 0.330. The fourth-order valence-corrected chi connectivity index (χ4v) is 2.69. The molecule has 3 rings (SSSR count). The van der Waals surface area contributed by atoms with Crippen LogP contribution in [0.1, 0.15) is 16.3 Å². The van der Waals surface area contributed by atoms with Crippen LogP contribution in [0.3, 0.4) is 0 Å². The summed E-state index contributed by atoms with van der Waals surface area (Å²) in [5, 5.41) is 10.5. The van der Waals surface area contributed by atoms with E-state index in [0.717, 1.165) is 16.0 Å². The Hall–Kier alpha value is -1.91. The van der Waals surface area contributed by atoms with Crippen molar-refractivity contribution in [1.82, 2.24) is 10.2 Å². The van der Waals surface area contributed by atoms with E-state index >= 15 is 0 Å². The smallest absolute Gasteiger partial charge is 0.259 e. The lowest BCUT2D eigenvalue weighted by atomic mass is 10.1. The number of halogens is 1. The molecule has 0 bridgehead atoms. The summed E-state index contributed by atoms with van der Waals surface area (Å²) in [5.74, 6) is 0.804. The van der Waals surface area contributed by atoms with Gasteiger partial charge in [0.15, 0.2) is 0 Å². The summed E-state index contributed by atoms with van der Waals surface area (Å²) >= 11 is 7.80. The van der Waals surface area contributed by atoms with Crippen LogP contribution in [-0.2, 0) is 0 Å². The quantitative estimate of drug-likeness (QED) is 0.694. The number of aryl methyl sites for hydroxylation is 1. The highest BCUT2D eigenvalue weighted by Gasteiger charge is 2.11. The third-order valence-electron chi connectivity index (χ3n) is 2.71. The van der Waals surface area contributed by atoms with Crippen molar-refractivity contribution in [3.05, 3.63) is 58.1 Å². The highest BCUT2D eigenvalue weighted by molar-refractivity contribution is 7.11. The van der Waals surface area contributed by atoms with E-state index in [9.17, 15) is 0 Å². The van der Waals surface area contributed by atoms with Gasteiger partial charge in [-0.2, -0.15) is 0 Å². The van der Waals surface area contributed by atoms with Gasteiger partial charge < -0.3 is 4.42 Å². The number of thiophene rings is 1. The average Bonchev–Trinajstić information content (AvgIpc) is 3.09. The zero-order valence-corrected chi connectivity index (χ0v) is 12.3. The average molecular weight is 303 g/mol. The van der Waals surface area contributed by atoms with Gasteiger partial charge in [0.2, 0.25) is 5.89 Å². The molecule has 3 aromatic rings. The second kappa shape index (κ2) is 5.61. The van der Waals surface area contributed by atoms with Crippen molar-refractivity contribution in [2.75, 3.05) is 0 Å². The minimum Gasteiger partial charge on any atom is -0.415 e. The first-order chi connectivity index (χ1) is 9.72. The van der Waals surface area contributed by atoms with Gasteiger partial charge in [-0.1, -0.05) is 35.4 Å². The summed E-state index contributed by atoms with van der Waals surface area (Å²) in [6.07, 6.45) is 1.82. The Morgan fingerprint density at radius 3 is 2.90 bits per heavy atom. The molecule has 1 aromatic carbocycles. The summed E-state index contributed by atoms with van der Waals surface area (Å²) in [6, 6.07) is 11.8. The molecule has 0 amide bonds. The molecule has 0 aliphatic rings. The molecule has 3 nitrogen and oxygen atoms in total. The van der Waals surface area contributed by atoms with E-state index in [1.54, 1.807) is 11.3 Å². The standard InChI is InChI=1S/C15H11ClN2OS/c1-10-4-2-5-11(8-10)14-17-18-15(19-14)13(16)9-12-6-3-7-20-12/h2-9H,1H3/b13-9-. The molecule has 0 spiro atoms. The first-order valence-electron chi connectivity index (χ1n) is 6.04. The van der Waals surface area contributed by atoms with Gasteiger partial charge in [-0.3, -0.25) is 0 Å². The molecule has 0 fully saturated rings. The third-order valence-corrected chi connectivity index (χ3v) is 3.80. The molecule has 2 aromatic heterocycles. The SMILES string of the molecule is Cc1cccc(-c2nnc(/C(Cl)=C/c3cccs3)o2)c1. The van der Waals surface area contributed by atoms with Gasteiger partial charge in [-0.15, -0.1) is 21.5 Å². The summed E-state index contributed by atoms with van der Waals surface area (Å²) in [7, 11) is 0. The highest BCUT2D eigenvalue weighted by Crippen LogP contribution is 2.26. The lowest BCUT2D eigenvalue weighted by Gasteiger charge is -1.96. The summed E-state index contributed by atoms with van der Waals surface area (Å²) in [4.78, 5) is 1.05. The maximum atomic E-state index is 6.20. The van der Waals surface area contributed by atoms with Crippen molar-refractivity contribution in [1.29, 1.82) is 0 Å². The summed E-state index contributed by atoms with van der Waals surface area (Å²) < 4.78 is 5.62. The Labute approximate surface area is 125 Å². The van der Waals surface area contributed by atoms with Gasteiger partial charge >= 0.3 is 0 Å². The van der Waals surface area contributed by atoms with Crippen molar-refractivity contribution in [2.24, 2.45) is 0 Å². The van der Waals surface area contributed by atoms with Crippen LogP contribution >= 0.6 is 22.9 Å². The largest absolute Gasteiger partial charge is 0.415 e. The third kappa shape index (κ3) is 2.81. The van der Waals surface area contributed by atoms with Crippen LogP contribution in [0.15, 0.2) is 46.2 Å². The molecule has 0 aliphatic heterocycles. The molecule has 0 saturated heterocycles. The molecular weight excluding hydrogens is 292 g/mol. The van der Waals surface area contributed by atoms with E-state index in [-0.39, 0.29) is 0 Å². The summed E-state index contributed by atoms with van der Waals surface area (Å²) in [5.41, 5.74) is 2.03. The second-order valence-electron chi connectivity index (χ2n) is 4.29. The van der Waals surface area contributed by atoms with Crippen LogP contribution in [0.5, 0.6) is 0 Å². The van der Waals surface area contributed by atoms with E-state index in [1.165, 1.54) is 0 Å². The van der Waals surface area contributed by atoms with Crippen molar-refractivity contribution in [3.8, 4) is 11.5 Å². The Kier molecular flexibility index (Phi) is 3.67. The van der Waals surface area contributed by atoms with Crippen LogP contribution < -0.4 is 0 Å². The van der Waals surface area contributed by atoms with Gasteiger partial charge in [0.1, 0.15) is 5.03 Å². The van der Waals surface area contributed by atoms with Crippen molar-refractivity contribution in [2.45, 2.75) is 6.92 Å². The number of aromatic nitrogens is 2. The predicted octanol–water partition coefficient (Wildman–Crippen LogP) is 4.84. The molecule has 0 radical (unpaired) electrons. The van der Waals surface area contributed by atoms with Gasteiger partial charge in [-0.25, -0.2) is 0 Å². The molecular formula is C15H11ClN2OS.